The van der Waals surface area contributed by atoms with Crippen LogP contribution < -0.4 is 0 Å². The molecule has 1 amide bonds. The van der Waals surface area contributed by atoms with E-state index in [-0.39, 0.29) is 12.5 Å². The van der Waals surface area contributed by atoms with Crippen molar-refractivity contribution in [3.05, 3.63) is 52.4 Å². The topological polar surface area (TPSA) is 59.5 Å². The molecule has 0 unspecified atom stereocenters. The second-order valence-electron chi connectivity index (χ2n) is 7.32. The Balaban J connectivity index is 1.55. The molecule has 0 N–H and O–H groups in total. The molecule has 5 nitrogen and oxygen atoms in total. The second-order valence-corrected chi connectivity index (χ2v) is 9.03. The molecule has 1 fully saturated rings. The van der Waals surface area contributed by atoms with Gasteiger partial charge in [0, 0.05) is 18.5 Å². The van der Waals surface area contributed by atoms with Crippen LogP contribution >= 0.6 is 22.9 Å². The number of hydrogen-bond acceptors (Lipinski definition) is 5. The van der Waals surface area contributed by atoms with Crippen molar-refractivity contribution in [1.29, 1.82) is 0 Å². The molecule has 1 aliphatic rings. The number of piperidine rings is 1. The first kappa shape index (κ1) is 19.9. The van der Waals surface area contributed by atoms with Crippen LogP contribution in [0.15, 0.2) is 42.5 Å². The van der Waals surface area contributed by atoms with Crippen LogP contribution in [0.3, 0.4) is 0 Å². The Bertz CT molecular complexity index is 1060. The fourth-order valence-electron chi connectivity index (χ4n) is 3.48. The Morgan fingerprint density at radius 1 is 1.21 bits per heavy atom. The molecule has 150 valence electrons. The number of esters is 1. The Morgan fingerprint density at radius 2 is 1.97 bits per heavy atom. The molecule has 3 aromatic rings. The van der Waals surface area contributed by atoms with Crippen molar-refractivity contribution in [3.8, 4) is 10.6 Å². The predicted molar refractivity (Wildman–Crippen MR) is 115 cm³/mol. The van der Waals surface area contributed by atoms with Gasteiger partial charge in [-0.1, -0.05) is 36.7 Å². The highest BCUT2D eigenvalue weighted by Gasteiger charge is 2.22. The molecule has 7 heteroatoms. The summed E-state index contributed by atoms with van der Waals surface area (Å²) in [5.74, 6) is -0.0333. The van der Waals surface area contributed by atoms with Crippen molar-refractivity contribution in [3.63, 3.8) is 0 Å². The van der Waals surface area contributed by atoms with Gasteiger partial charge in [-0.15, -0.1) is 11.3 Å². The molecule has 1 aliphatic heterocycles. The Hall–Kier alpha value is -2.44. The van der Waals surface area contributed by atoms with E-state index < -0.39 is 5.97 Å². The molecule has 1 aromatic carbocycles. The molecular weight excluding hydrogens is 408 g/mol. The number of ether oxygens (including phenoxy) is 1. The Kier molecular flexibility index (Phi) is 5.83. The fraction of sp³-hybridized carbons (Fsp3) is 0.318. The molecule has 4 rings (SSSR count). The van der Waals surface area contributed by atoms with E-state index >= 15 is 0 Å². The van der Waals surface area contributed by atoms with Gasteiger partial charge in [-0.05, 0) is 43.0 Å². The Morgan fingerprint density at radius 3 is 2.69 bits per heavy atom. The highest BCUT2D eigenvalue weighted by Crippen LogP contribution is 2.32. The summed E-state index contributed by atoms with van der Waals surface area (Å²) in [6, 6.07) is 12.8. The SMILES string of the molecule is CC1CCN(C(=O)COC(=O)c2cc(-c3ccc(Cl)s3)nc3ccccc23)CC1. The summed E-state index contributed by atoms with van der Waals surface area (Å²) in [7, 11) is 0. The first-order valence-corrected chi connectivity index (χ1v) is 10.8. The number of rotatable bonds is 4. The number of pyridine rings is 1. The molecule has 0 bridgehead atoms. The number of fused-ring (bicyclic) bond motifs is 1. The predicted octanol–water partition coefficient (Wildman–Crippen LogP) is 5.03. The standard InChI is InChI=1S/C22H21ClN2O3S/c1-14-8-10-25(11-9-14)21(26)13-28-22(27)16-12-18(19-6-7-20(23)29-19)24-17-5-3-2-4-15(16)17/h2-7,12,14H,8-11,13H2,1H3. The lowest BCUT2D eigenvalue weighted by molar-refractivity contribution is -0.135. The molecule has 3 heterocycles. The van der Waals surface area contributed by atoms with E-state index in [9.17, 15) is 9.59 Å². The molecule has 1 saturated heterocycles. The molecule has 29 heavy (non-hydrogen) atoms. The third kappa shape index (κ3) is 4.43. The molecule has 0 aliphatic carbocycles. The second kappa shape index (κ2) is 8.51. The number of amides is 1. The average Bonchev–Trinajstić information content (AvgIpc) is 3.18. The number of likely N-dealkylation sites (tertiary alicyclic amines) is 1. The number of hydrogen-bond donors (Lipinski definition) is 0. The third-order valence-corrected chi connectivity index (χ3v) is 6.48. The number of nitrogens with zero attached hydrogens (tertiary/aromatic N) is 2. The van der Waals surface area contributed by atoms with Crippen LogP contribution in [-0.4, -0.2) is 41.5 Å². The van der Waals surface area contributed by atoms with Crippen molar-refractivity contribution < 1.29 is 14.3 Å². The lowest BCUT2D eigenvalue weighted by Gasteiger charge is -2.30. The molecular formula is C22H21ClN2O3S. The number of halogens is 1. The first-order valence-electron chi connectivity index (χ1n) is 9.61. The maximum Gasteiger partial charge on any atom is 0.339 e. The highest BCUT2D eigenvalue weighted by atomic mass is 35.5. The van der Waals surface area contributed by atoms with Gasteiger partial charge in [0.15, 0.2) is 6.61 Å². The number of aromatic nitrogens is 1. The quantitative estimate of drug-likeness (QED) is 0.546. The zero-order valence-electron chi connectivity index (χ0n) is 16.1. The minimum atomic E-state index is -0.522. The molecule has 2 aromatic heterocycles. The van der Waals surface area contributed by atoms with Gasteiger partial charge in [-0.2, -0.15) is 0 Å². The monoisotopic (exact) mass is 428 g/mol. The van der Waals surface area contributed by atoms with Crippen LogP contribution in [0.2, 0.25) is 4.34 Å². The van der Waals surface area contributed by atoms with Crippen LogP contribution in [0.25, 0.3) is 21.5 Å². The summed E-state index contributed by atoms with van der Waals surface area (Å²) in [5.41, 5.74) is 1.75. The molecule has 0 atom stereocenters. The van der Waals surface area contributed by atoms with Crippen LogP contribution in [0.5, 0.6) is 0 Å². The molecule has 0 spiro atoms. The smallest absolute Gasteiger partial charge is 0.339 e. The molecule has 0 saturated carbocycles. The van der Waals surface area contributed by atoms with Crippen LogP contribution in [-0.2, 0) is 9.53 Å². The number of benzene rings is 1. The van der Waals surface area contributed by atoms with Gasteiger partial charge in [0.2, 0.25) is 0 Å². The van der Waals surface area contributed by atoms with Gasteiger partial charge in [0.1, 0.15) is 0 Å². The van der Waals surface area contributed by atoms with Crippen LogP contribution in [0, 0.1) is 5.92 Å². The van der Waals surface area contributed by atoms with Gasteiger partial charge in [0.05, 0.1) is 26.0 Å². The van der Waals surface area contributed by atoms with Crippen molar-refractivity contribution in [2.45, 2.75) is 19.8 Å². The van der Waals surface area contributed by atoms with E-state index in [4.69, 9.17) is 16.3 Å². The van der Waals surface area contributed by atoms with Crippen molar-refractivity contribution in [2.75, 3.05) is 19.7 Å². The van der Waals surface area contributed by atoms with Gasteiger partial charge in [0.25, 0.3) is 5.91 Å². The van der Waals surface area contributed by atoms with E-state index in [1.54, 1.807) is 17.0 Å². The minimum absolute atomic E-state index is 0.145. The number of carbonyl (C=O) groups excluding carboxylic acids is 2. The highest BCUT2D eigenvalue weighted by molar-refractivity contribution is 7.19. The van der Waals surface area contributed by atoms with Crippen LogP contribution in [0.4, 0.5) is 0 Å². The van der Waals surface area contributed by atoms with Gasteiger partial charge in [-0.3, -0.25) is 4.79 Å². The van der Waals surface area contributed by atoms with Gasteiger partial charge in [-0.25, -0.2) is 9.78 Å². The number of para-hydroxylation sites is 1. The van der Waals surface area contributed by atoms with E-state index in [1.807, 2.05) is 30.3 Å². The summed E-state index contributed by atoms with van der Waals surface area (Å²) in [5, 5.41) is 0.697. The van der Waals surface area contributed by atoms with Crippen molar-refractivity contribution >= 4 is 45.7 Å². The largest absolute Gasteiger partial charge is 0.452 e. The normalized spacial score (nSPS) is 14.9. The zero-order valence-corrected chi connectivity index (χ0v) is 17.6. The summed E-state index contributed by atoms with van der Waals surface area (Å²) in [6.07, 6.45) is 1.98. The fourth-order valence-corrected chi connectivity index (χ4v) is 4.48. The number of carbonyl (C=O) groups is 2. The van der Waals surface area contributed by atoms with Gasteiger partial charge < -0.3 is 9.64 Å². The van der Waals surface area contributed by atoms with Crippen molar-refractivity contribution in [2.24, 2.45) is 5.92 Å². The van der Waals surface area contributed by atoms with E-state index in [2.05, 4.69) is 11.9 Å². The van der Waals surface area contributed by atoms with Crippen molar-refractivity contribution in [1.82, 2.24) is 9.88 Å². The summed E-state index contributed by atoms with van der Waals surface area (Å²) in [6.45, 7) is 3.39. The maximum atomic E-state index is 12.8. The Labute approximate surface area is 178 Å². The zero-order chi connectivity index (χ0) is 20.4. The average molecular weight is 429 g/mol. The molecule has 0 radical (unpaired) electrons. The van der Waals surface area contributed by atoms with E-state index in [0.717, 1.165) is 30.8 Å². The summed E-state index contributed by atoms with van der Waals surface area (Å²) in [4.78, 5) is 32.6. The van der Waals surface area contributed by atoms with E-state index in [1.165, 1.54) is 11.3 Å². The third-order valence-electron chi connectivity index (χ3n) is 5.22. The maximum absolute atomic E-state index is 12.8. The summed E-state index contributed by atoms with van der Waals surface area (Å²) < 4.78 is 6.05. The summed E-state index contributed by atoms with van der Waals surface area (Å²) >= 11 is 7.45. The lowest BCUT2D eigenvalue weighted by Crippen LogP contribution is -2.40. The number of thiophene rings is 1. The first-order chi connectivity index (χ1) is 14.0. The van der Waals surface area contributed by atoms with Gasteiger partial charge >= 0.3 is 5.97 Å². The lowest BCUT2D eigenvalue weighted by atomic mass is 9.99. The van der Waals surface area contributed by atoms with E-state index in [0.29, 0.717) is 32.4 Å². The van der Waals surface area contributed by atoms with Crippen LogP contribution in [0.1, 0.15) is 30.1 Å². The minimum Gasteiger partial charge on any atom is -0.452 e.